The largest absolute Gasteiger partial charge is 0.497 e. The summed E-state index contributed by atoms with van der Waals surface area (Å²) < 4.78 is 10.1. The summed E-state index contributed by atoms with van der Waals surface area (Å²) in [5.41, 5.74) is 1.29. The topological polar surface area (TPSA) is 35.5 Å². The molecule has 0 bridgehead atoms. The van der Waals surface area contributed by atoms with Crippen molar-refractivity contribution in [1.29, 1.82) is 0 Å². The second-order valence-electron chi connectivity index (χ2n) is 5.89. The van der Waals surface area contributed by atoms with E-state index in [2.05, 4.69) is 26.0 Å². The number of carbonyl (C=O) groups excluding carboxylic acids is 1. The third-order valence-electron chi connectivity index (χ3n) is 3.53. The molecule has 22 heavy (non-hydrogen) atoms. The Balaban J connectivity index is 2.58. The van der Waals surface area contributed by atoms with Crippen molar-refractivity contribution in [2.45, 2.75) is 40.0 Å². The summed E-state index contributed by atoms with van der Waals surface area (Å²) in [6.07, 6.45) is 6.67. The Labute approximate surface area is 134 Å². The van der Waals surface area contributed by atoms with Gasteiger partial charge in [0, 0.05) is 6.08 Å². The van der Waals surface area contributed by atoms with E-state index >= 15 is 0 Å². The number of rotatable bonds is 9. The summed E-state index contributed by atoms with van der Waals surface area (Å²) in [7, 11) is 1.67. The van der Waals surface area contributed by atoms with E-state index in [9.17, 15) is 4.79 Å². The maximum atomic E-state index is 11.5. The maximum absolute atomic E-state index is 11.5. The van der Waals surface area contributed by atoms with E-state index < -0.39 is 0 Å². The number of aryl methyl sites for hydroxylation is 1. The van der Waals surface area contributed by atoms with Gasteiger partial charge < -0.3 is 9.47 Å². The zero-order valence-electron chi connectivity index (χ0n) is 14.2. The van der Waals surface area contributed by atoms with E-state index in [0.29, 0.717) is 18.4 Å². The van der Waals surface area contributed by atoms with Crippen LogP contribution < -0.4 is 4.74 Å². The van der Waals surface area contributed by atoms with Gasteiger partial charge in [-0.05, 0) is 55.7 Å². The number of hydrogen-bond acceptors (Lipinski definition) is 3. The van der Waals surface area contributed by atoms with Crippen molar-refractivity contribution in [2.24, 2.45) is 11.8 Å². The van der Waals surface area contributed by atoms with E-state index in [4.69, 9.17) is 9.47 Å². The summed E-state index contributed by atoms with van der Waals surface area (Å²) in [6, 6.07) is 8.17. The molecule has 1 atom stereocenters. The van der Waals surface area contributed by atoms with Gasteiger partial charge in [-0.25, -0.2) is 4.79 Å². The lowest BCUT2D eigenvalue weighted by Crippen LogP contribution is -2.06. The van der Waals surface area contributed by atoms with Crippen molar-refractivity contribution in [3.8, 4) is 5.75 Å². The molecule has 0 N–H and O–H groups in total. The molecule has 1 aromatic rings. The molecule has 122 valence electrons. The van der Waals surface area contributed by atoms with Crippen molar-refractivity contribution >= 4 is 5.97 Å². The van der Waals surface area contributed by atoms with E-state index in [1.807, 2.05) is 25.1 Å². The molecule has 0 aliphatic heterocycles. The molecule has 1 aromatic carbocycles. The number of allylic oxidation sites excluding steroid dienone is 1. The molecule has 0 aliphatic carbocycles. The predicted molar refractivity (Wildman–Crippen MR) is 90.0 cm³/mol. The molecule has 0 radical (unpaired) electrons. The van der Waals surface area contributed by atoms with Gasteiger partial charge in [0.1, 0.15) is 5.75 Å². The van der Waals surface area contributed by atoms with Crippen LogP contribution >= 0.6 is 0 Å². The Bertz CT molecular complexity index is 460. The molecule has 3 heteroatoms. The third kappa shape index (κ3) is 7.30. The maximum Gasteiger partial charge on any atom is 0.330 e. The van der Waals surface area contributed by atoms with Crippen molar-refractivity contribution < 1.29 is 14.3 Å². The lowest BCUT2D eigenvalue weighted by Gasteiger charge is -2.15. The minimum atomic E-state index is -0.249. The molecular weight excluding hydrogens is 276 g/mol. The average molecular weight is 304 g/mol. The molecular formula is C19H28O3. The Kier molecular flexibility index (Phi) is 8.34. The summed E-state index contributed by atoms with van der Waals surface area (Å²) >= 11 is 0. The molecule has 1 unspecified atom stereocenters. The number of benzene rings is 1. The van der Waals surface area contributed by atoms with E-state index in [1.54, 1.807) is 13.2 Å². The van der Waals surface area contributed by atoms with Gasteiger partial charge in [0.2, 0.25) is 0 Å². The Morgan fingerprint density at radius 1 is 1.23 bits per heavy atom. The molecule has 0 saturated heterocycles. The molecule has 0 saturated carbocycles. The zero-order chi connectivity index (χ0) is 16.4. The van der Waals surface area contributed by atoms with Crippen molar-refractivity contribution in [1.82, 2.24) is 0 Å². The quantitative estimate of drug-likeness (QED) is 0.501. The van der Waals surface area contributed by atoms with Gasteiger partial charge in [-0.2, -0.15) is 0 Å². The molecule has 1 rings (SSSR count). The number of carbonyl (C=O) groups is 1. The van der Waals surface area contributed by atoms with Crippen LogP contribution in [0, 0.1) is 11.8 Å². The van der Waals surface area contributed by atoms with E-state index in [-0.39, 0.29) is 5.97 Å². The highest BCUT2D eigenvalue weighted by atomic mass is 16.5. The van der Waals surface area contributed by atoms with Crippen molar-refractivity contribution in [3.05, 3.63) is 42.0 Å². The number of methoxy groups -OCH3 is 1. The normalized spacial score (nSPS) is 12.6. The summed E-state index contributed by atoms with van der Waals surface area (Å²) in [6.45, 7) is 6.65. The van der Waals surface area contributed by atoms with Crippen LogP contribution in [0.2, 0.25) is 0 Å². The lowest BCUT2D eigenvalue weighted by atomic mass is 9.91. The van der Waals surface area contributed by atoms with Gasteiger partial charge in [0.25, 0.3) is 0 Å². The van der Waals surface area contributed by atoms with Crippen molar-refractivity contribution in [3.63, 3.8) is 0 Å². The van der Waals surface area contributed by atoms with Crippen molar-refractivity contribution in [2.75, 3.05) is 13.7 Å². The fraction of sp³-hybridized carbons (Fsp3) is 0.526. The Morgan fingerprint density at radius 3 is 2.45 bits per heavy atom. The van der Waals surface area contributed by atoms with Gasteiger partial charge in [0.15, 0.2) is 0 Å². The first kappa shape index (κ1) is 18.3. The molecule has 0 fully saturated rings. The van der Waals surface area contributed by atoms with Crippen LogP contribution in [-0.2, 0) is 16.0 Å². The summed E-state index contributed by atoms with van der Waals surface area (Å²) in [5.74, 6) is 1.63. The van der Waals surface area contributed by atoms with Crippen LogP contribution in [0.4, 0.5) is 0 Å². The van der Waals surface area contributed by atoms with Gasteiger partial charge in [-0.3, -0.25) is 0 Å². The smallest absolute Gasteiger partial charge is 0.330 e. The second-order valence-corrected chi connectivity index (χ2v) is 5.89. The van der Waals surface area contributed by atoms with Crippen LogP contribution in [0.5, 0.6) is 5.75 Å². The van der Waals surface area contributed by atoms with E-state index in [0.717, 1.165) is 25.0 Å². The van der Waals surface area contributed by atoms with Crippen LogP contribution in [0.1, 0.15) is 39.2 Å². The first-order valence-corrected chi connectivity index (χ1v) is 8.03. The standard InChI is InChI=1S/C19H28O3/c1-5-22-19(20)13-10-17(14-15(2)3)7-6-16-8-11-18(21-4)12-9-16/h8-13,15,17H,5-7,14H2,1-4H3/b13-10-. The summed E-state index contributed by atoms with van der Waals surface area (Å²) in [4.78, 5) is 11.5. The molecule has 0 heterocycles. The molecule has 0 aromatic heterocycles. The number of esters is 1. The predicted octanol–water partition coefficient (Wildman–Crippen LogP) is 4.41. The first-order valence-electron chi connectivity index (χ1n) is 8.03. The Hall–Kier alpha value is -1.77. The third-order valence-corrected chi connectivity index (χ3v) is 3.53. The minimum Gasteiger partial charge on any atom is -0.497 e. The SMILES string of the molecule is CCOC(=O)/C=C\C(CCc1ccc(OC)cc1)CC(C)C. The van der Waals surface area contributed by atoms with Gasteiger partial charge in [-0.15, -0.1) is 0 Å². The highest BCUT2D eigenvalue weighted by Gasteiger charge is 2.09. The van der Waals surface area contributed by atoms with Crippen LogP contribution in [0.25, 0.3) is 0 Å². The number of ether oxygens (including phenoxy) is 2. The molecule has 0 aliphatic rings. The van der Waals surface area contributed by atoms with Crippen LogP contribution in [-0.4, -0.2) is 19.7 Å². The van der Waals surface area contributed by atoms with E-state index in [1.165, 1.54) is 5.56 Å². The lowest BCUT2D eigenvalue weighted by molar-refractivity contribution is -0.137. The first-order chi connectivity index (χ1) is 10.5. The van der Waals surface area contributed by atoms with Gasteiger partial charge in [-0.1, -0.05) is 32.1 Å². The monoisotopic (exact) mass is 304 g/mol. The fourth-order valence-electron chi connectivity index (χ4n) is 2.45. The summed E-state index contributed by atoms with van der Waals surface area (Å²) in [5, 5.41) is 0. The van der Waals surface area contributed by atoms with Crippen LogP contribution in [0.3, 0.4) is 0 Å². The zero-order valence-corrected chi connectivity index (χ0v) is 14.2. The molecule has 0 amide bonds. The molecule has 3 nitrogen and oxygen atoms in total. The van der Waals surface area contributed by atoms with Crippen LogP contribution in [0.15, 0.2) is 36.4 Å². The fourth-order valence-corrected chi connectivity index (χ4v) is 2.45. The minimum absolute atomic E-state index is 0.249. The Morgan fingerprint density at radius 2 is 1.91 bits per heavy atom. The highest BCUT2D eigenvalue weighted by Crippen LogP contribution is 2.21. The average Bonchev–Trinajstić information content (AvgIpc) is 2.50. The second kappa shape index (κ2) is 10.0. The van der Waals surface area contributed by atoms with Gasteiger partial charge >= 0.3 is 5.97 Å². The number of hydrogen-bond donors (Lipinski definition) is 0. The van der Waals surface area contributed by atoms with Gasteiger partial charge in [0.05, 0.1) is 13.7 Å². The molecule has 0 spiro atoms. The highest BCUT2D eigenvalue weighted by molar-refractivity contribution is 5.81.